The Kier molecular flexibility index (Phi) is 3.12. The van der Waals surface area contributed by atoms with Gasteiger partial charge in [0, 0.05) is 5.92 Å². The molecule has 0 aromatic heterocycles. The number of guanidine groups is 1. The van der Waals surface area contributed by atoms with Crippen molar-refractivity contribution in [2.75, 3.05) is 0 Å². The van der Waals surface area contributed by atoms with Gasteiger partial charge in [-0.3, -0.25) is 4.79 Å². The maximum Gasteiger partial charge on any atom is 0.253 e. The molecule has 1 aromatic carbocycles. The van der Waals surface area contributed by atoms with Gasteiger partial charge in [-0.05, 0) is 24.8 Å². The zero-order valence-corrected chi connectivity index (χ0v) is 11.9. The molecule has 0 spiro atoms. The highest BCUT2D eigenvalue weighted by Gasteiger charge is 2.62. The molecule has 1 saturated carbocycles. The predicted octanol–water partition coefficient (Wildman–Crippen LogP) is 1.84. The molecule has 1 aliphatic carbocycles. The number of nitrogens with two attached hydrogens (primary N) is 2. The third-order valence-corrected chi connectivity index (χ3v) is 3.94. The minimum absolute atomic E-state index is 0.0870. The van der Waals surface area contributed by atoms with Gasteiger partial charge in [-0.15, -0.1) is 0 Å². The van der Waals surface area contributed by atoms with Crippen molar-refractivity contribution in [3.8, 4) is 0 Å². The fraction of sp³-hybridized carbons (Fsp3) is 0.467. The summed E-state index contributed by atoms with van der Waals surface area (Å²) in [7, 11) is 0. The second-order valence-corrected chi connectivity index (χ2v) is 6.07. The number of amides is 1. The molecular weight excluding hydrogens is 238 g/mol. The number of hydrogen-bond donors (Lipinski definition) is 2. The van der Waals surface area contributed by atoms with Gasteiger partial charge in [0.05, 0.1) is 5.92 Å². The summed E-state index contributed by atoms with van der Waals surface area (Å²) >= 11 is 0. The SMILES string of the molecule is Cc1cc(C)cc(C2C(C(=O)N=C(N)N)C2(C)C)c1. The number of aliphatic imine (C=N–C) groups is 1. The van der Waals surface area contributed by atoms with Crippen molar-refractivity contribution in [2.24, 2.45) is 27.8 Å². The summed E-state index contributed by atoms with van der Waals surface area (Å²) in [6.07, 6.45) is 0. The second kappa shape index (κ2) is 4.37. The van der Waals surface area contributed by atoms with Crippen molar-refractivity contribution in [3.05, 3.63) is 34.9 Å². The average molecular weight is 259 g/mol. The summed E-state index contributed by atoms with van der Waals surface area (Å²) in [5.74, 6) is -0.307. The smallest absolute Gasteiger partial charge is 0.253 e. The van der Waals surface area contributed by atoms with Crippen molar-refractivity contribution in [1.82, 2.24) is 0 Å². The number of carbonyl (C=O) groups excluding carboxylic acids is 1. The minimum atomic E-state index is -0.214. The van der Waals surface area contributed by atoms with E-state index in [1.807, 2.05) is 0 Å². The van der Waals surface area contributed by atoms with Crippen molar-refractivity contribution in [2.45, 2.75) is 33.6 Å². The van der Waals surface area contributed by atoms with Crippen LogP contribution in [0.5, 0.6) is 0 Å². The Morgan fingerprint density at radius 2 is 1.68 bits per heavy atom. The lowest BCUT2D eigenvalue weighted by molar-refractivity contribution is -0.119. The molecule has 2 unspecified atom stereocenters. The van der Waals surface area contributed by atoms with Gasteiger partial charge in [0.2, 0.25) is 0 Å². The van der Waals surface area contributed by atoms with Crippen LogP contribution in [0.2, 0.25) is 0 Å². The first-order chi connectivity index (χ1) is 8.73. The Labute approximate surface area is 113 Å². The van der Waals surface area contributed by atoms with Gasteiger partial charge in [-0.1, -0.05) is 43.2 Å². The van der Waals surface area contributed by atoms with E-state index in [2.05, 4.69) is 50.9 Å². The lowest BCUT2D eigenvalue weighted by atomic mass is 9.99. The molecule has 0 radical (unpaired) electrons. The van der Waals surface area contributed by atoms with E-state index in [9.17, 15) is 4.79 Å². The van der Waals surface area contributed by atoms with Crippen LogP contribution in [0.25, 0.3) is 0 Å². The lowest BCUT2D eigenvalue weighted by Gasteiger charge is -2.06. The van der Waals surface area contributed by atoms with Crippen LogP contribution in [0.1, 0.15) is 36.5 Å². The Bertz CT molecular complexity index is 536. The molecule has 4 heteroatoms. The number of carbonyl (C=O) groups is 1. The summed E-state index contributed by atoms with van der Waals surface area (Å²) < 4.78 is 0. The standard InChI is InChI=1S/C15H21N3O/c1-8-5-9(2)7-10(6-8)11-12(15(11,3)4)13(19)18-14(16)17/h5-7,11-12H,1-4H3,(H4,16,17,18,19). The van der Waals surface area contributed by atoms with Crippen LogP contribution in [-0.2, 0) is 4.79 Å². The van der Waals surface area contributed by atoms with Gasteiger partial charge in [-0.25, -0.2) is 0 Å². The summed E-state index contributed by atoms with van der Waals surface area (Å²) in [4.78, 5) is 15.7. The van der Waals surface area contributed by atoms with Crippen LogP contribution in [0.15, 0.2) is 23.2 Å². The molecular formula is C15H21N3O. The van der Waals surface area contributed by atoms with Crippen LogP contribution in [-0.4, -0.2) is 11.9 Å². The lowest BCUT2D eigenvalue weighted by Crippen LogP contribution is -2.25. The first-order valence-corrected chi connectivity index (χ1v) is 6.45. The van der Waals surface area contributed by atoms with E-state index in [-0.39, 0.29) is 29.1 Å². The molecule has 4 nitrogen and oxygen atoms in total. The Balaban J connectivity index is 2.31. The number of rotatable bonds is 2. The maximum absolute atomic E-state index is 12.0. The van der Waals surface area contributed by atoms with Gasteiger partial charge in [0.25, 0.3) is 5.91 Å². The molecule has 1 amide bonds. The molecule has 102 valence electrons. The van der Waals surface area contributed by atoms with Crippen LogP contribution < -0.4 is 11.5 Å². The van der Waals surface area contributed by atoms with E-state index in [1.165, 1.54) is 16.7 Å². The Morgan fingerprint density at radius 3 is 2.16 bits per heavy atom. The number of aryl methyl sites for hydroxylation is 2. The normalized spacial score (nSPS) is 23.8. The van der Waals surface area contributed by atoms with Crippen molar-refractivity contribution >= 4 is 11.9 Å². The van der Waals surface area contributed by atoms with Gasteiger partial charge >= 0.3 is 0 Å². The summed E-state index contributed by atoms with van der Waals surface area (Å²) in [5.41, 5.74) is 14.1. The molecule has 0 saturated heterocycles. The predicted molar refractivity (Wildman–Crippen MR) is 76.7 cm³/mol. The van der Waals surface area contributed by atoms with Crippen molar-refractivity contribution in [3.63, 3.8) is 0 Å². The Morgan fingerprint density at radius 1 is 1.16 bits per heavy atom. The van der Waals surface area contributed by atoms with E-state index in [0.717, 1.165) is 0 Å². The molecule has 1 aromatic rings. The van der Waals surface area contributed by atoms with Gasteiger partial charge in [-0.2, -0.15) is 4.99 Å². The molecule has 19 heavy (non-hydrogen) atoms. The summed E-state index contributed by atoms with van der Waals surface area (Å²) in [6.45, 7) is 8.30. The molecule has 2 rings (SSSR count). The molecule has 1 fully saturated rings. The highest BCUT2D eigenvalue weighted by atomic mass is 16.1. The monoisotopic (exact) mass is 259 g/mol. The van der Waals surface area contributed by atoms with E-state index >= 15 is 0 Å². The van der Waals surface area contributed by atoms with Crippen LogP contribution in [0.4, 0.5) is 0 Å². The molecule has 0 heterocycles. The van der Waals surface area contributed by atoms with E-state index in [0.29, 0.717) is 0 Å². The number of benzene rings is 1. The molecule has 0 aliphatic heterocycles. The number of hydrogen-bond acceptors (Lipinski definition) is 1. The molecule has 2 atom stereocenters. The highest BCUT2D eigenvalue weighted by Crippen LogP contribution is 2.64. The summed E-state index contributed by atoms with van der Waals surface area (Å²) in [6, 6.07) is 6.41. The Hall–Kier alpha value is -1.84. The second-order valence-electron chi connectivity index (χ2n) is 6.07. The molecule has 0 bridgehead atoms. The van der Waals surface area contributed by atoms with Crippen molar-refractivity contribution < 1.29 is 4.79 Å². The van der Waals surface area contributed by atoms with E-state index < -0.39 is 0 Å². The maximum atomic E-state index is 12.0. The zero-order valence-electron chi connectivity index (χ0n) is 11.9. The van der Waals surface area contributed by atoms with Crippen molar-refractivity contribution in [1.29, 1.82) is 0 Å². The molecule has 1 aliphatic rings. The number of nitrogens with zero attached hydrogens (tertiary/aromatic N) is 1. The van der Waals surface area contributed by atoms with E-state index in [4.69, 9.17) is 11.5 Å². The first kappa shape index (κ1) is 13.6. The fourth-order valence-corrected chi connectivity index (χ4v) is 3.11. The largest absolute Gasteiger partial charge is 0.370 e. The van der Waals surface area contributed by atoms with Crippen LogP contribution >= 0.6 is 0 Å². The first-order valence-electron chi connectivity index (χ1n) is 6.45. The third kappa shape index (κ3) is 2.48. The highest BCUT2D eigenvalue weighted by molar-refractivity contribution is 5.95. The quantitative estimate of drug-likeness (QED) is 0.628. The minimum Gasteiger partial charge on any atom is -0.370 e. The summed E-state index contributed by atoms with van der Waals surface area (Å²) in [5, 5.41) is 0. The van der Waals surface area contributed by atoms with Crippen LogP contribution in [0.3, 0.4) is 0 Å². The van der Waals surface area contributed by atoms with E-state index in [1.54, 1.807) is 0 Å². The zero-order chi connectivity index (χ0) is 14.4. The van der Waals surface area contributed by atoms with Gasteiger partial charge < -0.3 is 11.5 Å². The third-order valence-electron chi connectivity index (χ3n) is 3.94. The van der Waals surface area contributed by atoms with Gasteiger partial charge in [0.15, 0.2) is 5.96 Å². The molecule has 4 N–H and O–H groups in total. The average Bonchev–Trinajstić information content (AvgIpc) is 2.79. The van der Waals surface area contributed by atoms with Gasteiger partial charge in [0.1, 0.15) is 0 Å². The fourth-order valence-electron chi connectivity index (χ4n) is 3.11. The van der Waals surface area contributed by atoms with Crippen LogP contribution in [0, 0.1) is 25.2 Å². The topological polar surface area (TPSA) is 81.5 Å².